The largest absolute Gasteiger partial charge is 0.487 e. The molecule has 14 heteroatoms. The molecule has 0 radical (unpaired) electrons. The van der Waals surface area contributed by atoms with Gasteiger partial charge in [-0.25, -0.2) is 13.8 Å². The smallest absolute Gasteiger partial charge is 0.417 e. The minimum absolute atomic E-state index is 0.0198. The Kier molecular flexibility index (Phi) is 8.23. The van der Waals surface area contributed by atoms with Crippen molar-refractivity contribution in [1.29, 1.82) is 0 Å². The average molecular weight is 680 g/mol. The number of nitrogens with zero attached hydrogens (tertiary/aromatic N) is 3. The zero-order valence-corrected chi connectivity index (χ0v) is 26.3. The summed E-state index contributed by atoms with van der Waals surface area (Å²) in [5.41, 5.74) is -0.747. The summed E-state index contributed by atoms with van der Waals surface area (Å²) in [6, 6.07) is 7.33. The van der Waals surface area contributed by atoms with Crippen LogP contribution in [0.1, 0.15) is 40.5 Å². The van der Waals surface area contributed by atoms with Crippen molar-refractivity contribution in [2.45, 2.75) is 38.1 Å². The van der Waals surface area contributed by atoms with Crippen molar-refractivity contribution in [2.24, 2.45) is 7.05 Å². The number of aryl methyl sites for hydroxylation is 1. The van der Waals surface area contributed by atoms with Crippen LogP contribution in [0.15, 0.2) is 61.1 Å². The van der Waals surface area contributed by atoms with Gasteiger partial charge in [0.1, 0.15) is 28.9 Å². The number of fused-ring (bicyclic) bond motifs is 4. The van der Waals surface area contributed by atoms with Gasteiger partial charge in [-0.2, -0.15) is 13.2 Å². The third kappa shape index (κ3) is 5.95. The summed E-state index contributed by atoms with van der Waals surface area (Å²) in [5.74, 6) is -3.91. The molecule has 7 rings (SSSR count). The van der Waals surface area contributed by atoms with E-state index in [1.807, 2.05) is 0 Å². The SMILES string of the molecule is CC1Cc2cc(C(=O)c3cc(F)c(NC(=O)/C=C/CN[C@H]4CCOC4)c(F)c3)n3cccc(c23)-c2c(C(F)(F)F)cc3c(ncn3C)c2O1. The fourth-order valence-corrected chi connectivity index (χ4v) is 6.50. The van der Waals surface area contributed by atoms with E-state index in [0.29, 0.717) is 30.8 Å². The first kappa shape index (κ1) is 32.5. The zero-order valence-electron chi connectivity index (χ0n) is 26.3. The molecule has 2 aromatic carbocycles. The number of benzene rings is 2. The van der Waals surface area contributed by atoms with Crippen LogP contribution in [0, 0.1) is 11.6 Å². The number of imidazole rings is 1. The lowest BCUT2D eigenvalue weighted by Crippen LogP contribution is -2.29. The van der Waals surface area contributed by atoms with E-state index in [-0.39, 0.29) is 51.6 Å². The van der Waals surface area contributed by atoms with Crippen molar-refractivity contribution >= 4 is 33.9 Å². The fraction of sp³-hybridized carbons (Fsp3) is 0.286. The normalized spacial score (nSPS) is 17.7. The van der Waals surface area contributed by atoms with E-state index in [2.05, 4.69) is 15.6 Å². The second kappa shape index (κ2) is 12.4. The standard InChI is InChI=1S/C35H30F5N5O4/c1-18-11-19-14-27(33(47)20-12-24(36)30(25(37)13-20)43-28(46)6-3-8-41-21-7-10-48-16-21)45-9-4-5-22(32(19)45)29-23(35(38,39)40)15-26-31(34(29)49-18)42-17-44(26)2/h3-6,9,12-15,17-18,21,41H,7-8,10-11,16H2,1-2H3,(H,43,46)/b6-3+/t18?,21-/m0/s1. The van der Waals surface area contributed by atoms with E-state index in [1.54, 1.807) is 14.0 Å². The van der Waals surface area contributed by atoms with Gasteiger partial charge in [0.2, 0.25) is 11.7 Å². The van der Waals surface area contributed by atoms with Crippen LogP contribution in [0.2, 0.25) is 0 Å². The van der Waals surface area contributed by atoms with Crippen LogP contribution in [0.25, 0.3) is 27.7 Å². The molecule has 49 heavy (non-hydrogen) atoms. The summed E-state index contributed by atoms with van der Waals surface area (Å²) in [7, 11) is 1.59. The number of rotatable bonds is 7. The highest BCUT2D eigenvalue weighted by atomic mass is 19.4. The van der Waals surface area contributed by atoms with Crippen LogP contribution in [0.3, 0.4) is 0 Å². The summed E-state index contributed by atoms with van der Waals surface area (Å²) in [6.45, 7) is 3.28. The van der Waals surface area contributed by atoms with Gasteiger partial charge in [0.25, 0.3) is 0 Å². The molecule has 2 atom stereocenters. The predicted molar refractivity (Wildman–Crippen MR) is 171 cm³/mol. The van der Waals surface area contributed by atoms with Crippen molar-refractivity contribution in [3.05, 3.63) is 95.1 Å². The maximum absolute atomic E-state index is 15.2. The van der Waals surface area contributed by atoms with Gasteiger partial charge in [-0.3, -0.25) is 9.59 Å². The number of pyridine rings is 1. The molecule has 1 saturated heterocycles. The van der Waals surface area contributed by atoms with Gasteiger partial charge in [-0.05, 0) is 49.2 Å². The number of hydrogen-bond acceptors (Lipinski definition) is 6. The Morgan fingerprint density at radius 3 is 2.63 bits per heavy atom. The molecule has 5 aromatic rings. The van der Waals surface area contributed by atoms with Crippen LogP contribution in [-0.4, -0.2) is 57.5 Å². The molecule has 0 spiro atoms. The topological polar surface area (TPSA) is 98.9 Å². The molecule has 1 unspecified atom stereocenters. The number of nitrogens with one attached hydrogen (secondary N) is 2. The Morgan fingerprint density at radius 2 is 1.92 bits per heavy atom. The summed E-state index contributed by atoms with van der Waals surface area (Å²) < 4.78 is 88.7. The van der Waals surface area contributed by atoms with E-state index in [1.165, 1.54) is 45.8 Å². The molecule has 0 saturated carbocycles. The first-order chi connectivity index (χ1) is 23.4. The predicted octanol–water partition coefficient (Wildman–Crippen LogP) is 6.22. The zero-order chi connectivity index (χ0) is 34.6. The van der Waals surface area contributed by atoms with E-state index in [9.17, 15) is 22.8 Å². The van der Waals surface area contributed by atoms with Gasteiger partial charge < -0.3 is 29.1 Å². The number of ether oxygens (including phenoxy) is 2. The summed E-state index contributed by atoms with van der Waals surface area (Å²) in [6.07, 6.45) is 1.24. The number of carbonyl (C=O) groups excluding carboxylic acids is 2. The quantitative estimate of drug-likeness (QED) is 0.121. The maximum atomic E-state index is 15.2. The molecule has 0 bridgehead atoms. The monoisotopic (exact) mass is 679 g/mol. The lowest BCUT2D eigenvalue weighted by Gasteiger charge is -2.25. The minimum Gasteiger partial charge on any atom is -0.487 e. The van der Waals surface area contributed by atoms with Gasteiger partial charge in [0, 0.05) is 61.6 Å². The molecule has 254 valence electrons. The van der Waals surface area contributed by atoms with Crippen LogP contribution in [0.4, 0.5) is 27.6 Å². The Balaban J connectivity index is 1.25. The molecular formula is C35H30F5N5O4. The second-order valence-corrected chi connectivity index (χ2v) is 12.2. The van der Waals surface area contributed by atoms with E-state index >= 15 is 8.78 Å². The van der Waals surface area contributed by atoms with Gasteiger partial charge >= 0.3 is 6.18 Å². The first-order valence-corrected chi connectivity index (χ1v) is 15.6. The van der Waals surface area contributed by atoms with Gasteiger partial charge in [-0.1, -0.05) is 12.1 Å². The molecule has 1 fully saturated rings. The average Bonchev–Trinajstić information content (AvgIpc) is 3.79. The summed E-state index contributed by atoms with van der Waals surface area (Å²) in [4.78, 5) is 30.5. The number of halogens is 5. The maximum Gasteiger partial charge on any atom is 0.417 e. The van der Waals surface area contributed by atoms with Gasteiger partial charge in [0.05, 0.1) is 35.2 Å². The molecule has 3 aromatic heterocycles. The number of carbonyl (C=O) groups is 2. The molecule has 2 aliphatic heterocycles. The Hall–Kier alpha value is -5.08. The Bertz CT molecular complexity index is 2140. The van der Waals surface area contributed by atoms with Crippen molar-refractivity contribution in [2.75, 3.05) is 25.1 Å². The molecular weight excluding hydrogens is 649 g/mol. The highest BCUT2D eigenvalue weighted by Gasteiger charge is 2.39. The third-order valence-corrected chi connectivity index (χ3v) is 8.75. The number of amides is 1. The molecule has 1 amide bonds. The Labute approximate surface area is 276 Å². The second-order valence-electron chi connectivity index (χ2n) is 12.2. The number of alkyl halides is 3. The summed E-state index contributed by atoms with van der Waals surface area (Å²) >= 11 is 0. The summed E-state index contributed by atoms with van der Waals surface area (Å²) in [5, 5.41) is 5.35. The van der Waals surface area contributed by atoms with Crippen molar-refractivity contribution in [1.82, 2.24) is 19.3 Å². The van der Waals surface area contributed by atoms with Crippen molar-refractivity contribution in [3.63, 3.8) is 0 Å². The van der Waals surface area contributed by atoms with Crippen LogP contribution < -0.4 is 15.4 Å². The molecule has 0 aliphatic carbocycles. The number of ketones is 1. The van der Waals surface area contributed by atoms with Gasteiger partial charge in [-0.15, -0.1) is 0 Å². The minimum atomic E-state index is -4.77. The number of aromatic nitrogens is 3. The first-order valence-electron chi connectivity index (χ1n) is 15.6. The van der Waals surface area contributed by atoms with E-state index < -0.39 is 46.9 Å². The van der Waals surface area contributed by atoms with Gasteiger partial charge in [0.15, 0.2) is 5.75 Å². The van der Waals surface area contributed by atoms with Crippen LogP contribution in [0.5, 0.6) is 5.75 Å². The van der Waals surface area contributed by atoms with Crippen LogP contribution >= 0.6 is 0 Å². The molecule has 9 nitrogen and oxygen atoms in total. The molecule has 5 heterocycles. The lowest BCUT2D eigenvalue weighted by molar-refractivity contribution is -0.137. The highest BCUT2D eigenvalue weighted by molar-refractivity contribution is 6.10. The lowest BCUT2D eigenvalue weighted by atomic mass is 9.93. The van der Waals surface area contributed by atoms with E-state index in [4.69, 9.17) is 9.47 Å². The van der Waals surface area contributed by atoms with Crippen LogP contribution in [-0.2, 0) is 29.2 Å². The van der Waals surface area contributed by atoms with E-state index in [0.717, 1.165) is 30.7 Å². The number of hydrogen-bond donors (Lipinski definition) is 2. The Morgan fingerprint density at radius 1 is 1.14 bits per heavy atom. The molecule has 2 aliphatic rings. The third-order valence-electron chi connectivity index (χ3n) is 8.75. The van der Waals surface area contributed by atoms with Crippen molar-refractivity contribution < 1.29 is 41.0 Å². The fourth-order valence-electron chi connectivity index (χ4n) is 6.50. The number of anilines is 1. The molecule has 2 N–H and O–H groups in total. The van der Waals surface area contributed by atoms with Crippen molar-refractivity contribution in [3.8, 4) is 16.9 Å². The highest BCUT2D eigenvalue weighted by Crippen LogP contribution is 2.49.